The van der Waals surface area contributed by atoms with E-state index in [4.69, 9.17) is 0 Å². The second-order valence-electron chi connectivity index (χ2n) is 5.68. The first-order chi connectivity index (χ1) is 11.0. The first-order valence-electron chi connectivity index (χ1n) is 8.30. The van der Waals surface area contributed by atoms with Crippen LogP contribution in [0.15, 0.2) is 24.3 Å². The van der Waals surface area contributed by atoms with E-state index in [2.05, 4.69) is 36.5 Å². The Balaban J connectivity index is 2.52. The van der Waals surface area contributed by atoms with Crippen LogP contribution in [0.5, 0.6) is 0 Å². The molecule has 0 unspecified atom stereocenters. The molecule has 128 valence electrons. The third-order valence-corrected chi connectivity index (χ3v) is 3.82. The lowest BCUT2D eigenvalue weighted by Gasteiger charge is -2.23. The second kappa shape index (κ2) is 10.0. The van der Waals surface area contributed by atoms with Gasteiger partial charge < -0.3 is 10.2 Å². The van der Waals surface area contributed by atoms with Crippen LogP contribution in [0.1, 0.15) is 31.9 Å². The quantitative estimate of drug-likeness (QED) is 0.753. The normalized spacial score (nSPS) is 10.7. The van der Waals surface area contributed by atoms with Gasteiger partial charge in [0.1, 0.15) is 0 Å². The van der Waals surface area contributed by atoms with Gasteiger partial charge in [0.2, 0.25) is 11.8 Å². The standard InChI is InChI=1S/C18H29N3O2/c1-5-15-8-10-16(11-9-15)12-20(4)18(23)14-21(7-3)13-17(22)19-6-2/h8-11H,5-7,12-14H2,1-4H3,(H,19,22). The van der Waals surface area contributed by atoms with Gasteiger partial charge in [0.15, 0.2) is 0 Å². The van der Waals surface area contributed by atoms with Gasteiger partial charge in [0.05, 0.1) is 13.1 Å². The van der Waals surface area contributed by atoms with Crippen molar-refractivity contribution in [3.05, 3.63) is 35.4 Å². The maximum absolute atomic E-state index is 12.3. The number of nitrogens with zero attached hydrogens (tertiary/aromatic N) is 2. The maximum atomic E-state index is 12.3. The van der Waals surface area contributed by atoms with E-state index in [0.29, 0.717) is 19.6 Å². The van der Waals surface area contributed by atoms with Gasteiger partial charge in [-0.05, 0) is 31.0 Å². The molecule has 0 aliphatic rings. The Morgan fingerprint density at radius 2 is 1.61 bits per heavy atom. The van der Waals surface area contributed by atoms with Crippen LogP contribution >= 0.6 is 0 Å². The predicted octanol–water partition coefficient (Wildman–Crippen LogP) is 1.67. The van der Waals surface area contributed by atoms with Crippen LogP contribution in [-0.4, -0.2) is 54.8 Å². The molecular weight excluding hydrogens is 290 g/mol. The molecule has 23 heavy (non-hydrogen) atoms. The van der Waals surface area contributed by atoms with Crippen molar-refractivity contribution in [3.63, 3.8) is 0 Å². The first kappa shape index (κ1) is 19.2. The van der Waals surface area contributed by atoms with Crippen LogP contribution in [0.3, 0.4) is 0 Å². The molecule has 0 radical (unpaired) electrons. The summed E-state index contributed by atoms with van der Waals surface area (Å²) >= 11 is 0. The third-order valence-electron chi connectivity index (χ3n) is 3.82. The second-order valence-corrected chi connectivity index (χ2v) is 5.68. The molecule has 0 aliphatic carbocycles. The number of rotatable bonds is 9. The van der Waals surface area contributed by atoms with Gasteiger partial charge in [-0.1, -0.05) is 38.1 Å². The zero-order valence-electron chi connectivity index (χ0n) is 14.8. The highest BCUT2D eigenvalue weighted by Crippen LogP contribution is 2.07. The molecule has 1 N–H and O–H groups in total. The summed E-state index contributed by atoms with van der Waals surface area (Å²) in [6.45, 7) is 8.35. The summed E-state index contributed by atoms with van der Waals surface area (Å²) in [6, 6.07) is 8.33. The van der Waals surface area contributed by atoms with Gasteiger partial charge in [-0.2, -0.15) is 0 Å². The van der Waals surface area contributed by atoms with E-state index in [-0.39, 0.29) is 24.9 Å². The number of hydrogen-bond donors (Lipinski definition) is 1. The van der Waals surface area contributed by atoms with Crippen molar-refractivity contribution in [2.75, 3.05) is 33.2 Å². The Bertz CT molecular complexity index is 499. The summed E-state index contributed by atoms with van der Waals surface area (Å²) in [5.74, 6) is -0.0179. The fourth-order valence-corrected chi connectivity index (χ4v) is 2.29. The number of carbonyl (C=O) groups excluding carboxylic acids is 2. The Morgan fingerprint density at radius 3 is 2.13 bits per heavy atom. The van der Waals surface area contributed by atoms with E-state index in [0.717, 1.165) is 12.0 Å². The van der Waals surface area contributed by atoms with Crippen molar-refractivity contribution in [1.82, 2.24) is 15.1 Å². The fourth-order valence-electron chi connectivity index (χ4n) is 2.29. The summed E-state index contributed by atoms with van der Waals surface area (Å²) in [4.78, 5) is 27.5. The monoisotopic (exact) mass is 319 g/mol. The number of hydrogen-bond acceptors (Lipinski definition) is 3. The number of benzene rings is 1. The molecule has 2 amide bonds. The van der Waals surface area contributed by atoms with Crippen molar-refractivity contribution in [3.8, 4) is 0 Å². The van der Waals surface area contributed by atoms with Crippen molar-refractivity contribution in [2.45, 2.75) is 33.7 Å². The largest absolute Gasteiger partial charge is 0.355 e. The highest BCUT2D eigenvalue weighted by molar-refractivity contribution is 5.81. The van der Waals surface area contributed by atoms with E-state index in [1.807, 2.05) is 18.7 Å². The van der Waals surface area contributed by atoms with Crippen molar-refractivity contribution in [2.24, 2.45) is 0 Å². The number of nitrogens with one attached hydrogen (secondary N) is 1. The lowest BCUT2D eigenvalue weighted by Crippen LogP contribution is -2.43. The molecule has 1 rings (SSSR count). The minimum Gasteiger partial charge on any atom is -0.355 e. The first-order valence-corrected chi connectivity index (χ1v) is 8.30. The average Bonchev–Trinajstić information content (AvgIpc) is 2.54. The van der Waals surface area contributed by atoms with E-state index in [1.165, 1.54) is 5.56 Å². The smallest absolute Gasteiger partial charge is 0.236 e. The molecule has 0 saturated heterocycles. The van der Waals surface area contributed by atoms with Crippen LogP contribution in [0, 0.1) is 0 Å². The Morgan fingerprint density at radius 1 is 1.00 bits per heavy atom. The molecule has 0 atom stereocenters. The predicted molar refractivity (Wildman–Crippen MR) is 93.1 cm³/mol. The molecule has 0 heterocycles. The number of amides is 2. The summed E-state index contributed by atoms with van der Waals surface area (Å²) in [5, 5.41) is 2.76. The maximum Gasteiger partial charge on any atom is 0.236 e. The number of likely N-dealkylation sites (N-methyl/N-ethyl adjacent to an activating group) is 3. The Kier molecular flexibility index (Phi) is 8.33. The van der Waals surface area contributed by atoms with Crippen LogP contribution in [0.25, 0.3) is 0 Å². The summed E-state index contributed by atoms with van der Waals surface area (Å²) < 4.78 is 0. The van der Waals surface area contributed by atoms with Gasteiger partial charge in [-0.3, -0.25) is 14.5 Å². The van der Waals surface area contributed by atoms with E-state index in [1.54, 1.807) is 11.9 Å². The topological polar surface area (TPSA) is 52.7 Å². The van der Waals surface area contributed by atoms with Gasteiger partial charge >= 0.3 is 0 Å². The molecule has 5 heteroatoms. The van der Waals surface area contributed by atoms with Gasteiger partial charge in [-0.25, -0.2) is 0 Å². The molecular formula is C18H29N3O2. The lowest BCUT2D eigenvalue weighted by atomic mass is 10.1. The van der Waals surface area contributed by atoms with Gasteiger partial charge in [0.25, 0.3) is 0 Å². The highest BCUT2D eigenvalue weighted by Gasteiger charge is 2.16. The molecule has 0 aromatic heterocycles. The fraction of sp³-hybridized carbons (Fsp3) is 0.556. The Hall–Kier alpha value is -1.88. The minimum absolute atomic E-state index is 0.0238. The molecule has 0 bridgehead atoms. The highest BCUT2D eigenvalue weighted by atomic mass is 16.2. The molecule has 1 aromatic carbocycles. The SMILES string of the molecule is CCNC(=O)CN(CC)CC(=O)N(C)Cc1ccc(CC)cc1. The van der Waals surface area contributed by atoms with Crippen molar-refractivity contribution >= 4 is 11.8 Å². The zero-order chi connectivity index (χ0) is 17.2. The van der Waals surface area contributed by atoms with Crippen molar-refractivity contribution < 1.29 is 9.59 Å². The summed E-state index contributed by atoms with van der Waals surface area (Å²) in [7, 11) is 1.80. The van der Waals surface area contributed by atoms with Gasteiger partial charge in [-0.15, -0.1) is 0 Å². The summed E-state index contributed by atoms with van der Waals surface area (Å²) in [6.07, 6.45) is 1.01. The van der Waals surface area contributed by atoms with E-state index < -0.39 is 0 Å². The van der Waals surface area contributed by atoms with Crippen LogP contribution in [-0.2, 0) is 22.6 Å². The average molecular weight is 319 g/mol. The molecule has 0 aliphatic heterocycles. The van der Waals surface area contributed by atoms with Crippen LogP contribution < -0.4 is 5.32 Å². The van der Waals surface area contributed by atoms with Crippen LogP contribution in [0.2, 0.25) is 0 Å². The Labute approximate surface area is 139 Å². The minimum atomic E-state index is -0.0417. The summed E-state index contributed by atoms with van der Waals surface area (Å²) in [5.41, 5.74) is 2.41. The zero-order valence-corrected chi connectivity index (χ0v) is 14.8. The van der Waals surface area contributed by atoms with E-state index >= 15 is 0 Å². The molecule has 0 spiro atoms. The molecule has 1 aromatic rings. The third kappa shape index (κ3) is 6.82. The number of aryl methyl sites for hydroxylation is 1. The molecule has 0 saturated carbocycles. The molecule has 0 fully saturated rings. The van der Waals surface area contributed by atoms with Gasteiger partial charge in [0, 0.05) is 20.1 Å². The molecule has 5 nitrogen and oxygen atoms in total. The van der Waals surface area contributed by atoms with E-state index in [9.17, 15) is 9.59 Å². The lowest BCUT2D eigenvalue weighted by molar-refractivity contribution is -0.132. The van der Waals surface area contributed by atoms with Crippen LogP contribution in [0.4, 0.5) is 0 Å². The number of carbonyl (C=O) groups is 2. The van der Waals surface area contributed by atoms with Crippen molar-refractivity contribution in [1.29, 1.82) is 0 Å².